The fourth-order valence-electron chi connectivity index (χ4n) is 5.75. The third-order valence-electron chi connectivity index (χ3n) is 8.70. The molecule has 5 aromatic rings. The van der Waals surface area contributed by atoms with E-state index in [4.69, 9.17) is 7.49 Å². The van der Waals surface area contributed by atoms with Gasteiger partial charge in [-0.15, -0.1) is 54.4 Å². The summed E-state index contributed by atoms with van der Waals surface area (Å²) in [5, 5.41) is 2.69. The molecule has 281 valence electrons. The molecule has 0 atom stereocenters. The fraction of sp³-hybridized carbons (Fsp3) is 0.167. The number of allylic oxidation sites excluding steroid dienone is 5. The molecule has 0 nitrogen and oxygen atoms in total. The number of rotatable bonds is 4. The molecule has 0 saturated heterocycles. The van der Waals surface area contributed by atoms with E-state index in [1.54, 1.807) is 13.1 Å². The van der Waals surface area contributed by atoms with Gasteiger partial charge in [-0.25, -0.2) is 11.1 Å². The molecule has 0 unspecified atom stereocenters. The van der Waals surface area contributed by atoms with E-state index in [1.807, 2.05) is 13.8 Å². The van der Waals surface area contributed by atoms with Crippen molar-refractivity contribution in [1.82, 2.24) is 0 Å². The minimum Gasteiger partial charge on any atom is 2.00 e. The zero-order valence-electron chi connectivity index (χ0n) is 30.7. The second-order valence-corrected chi connectivity index (χ2v) is 15.0. The van der Waals surface area contributed by atoms with Gasteiger partial charge >= 0.3 is 226 Å². The van der Waals surface area contributed by atoms with Crippen molar-refractivity contribution in [3.63, 3.8) is 0 Å². The minimum atomic E-state index is -2.45. The van der Waals surface area contributed by atoms with Crippen LogP contribution in [0.15, 0.2) is 77.4 Å². The Morgan fingerprint density at radius 3 is 1.60 bits per heavy atom. The van der Waals surface area contributed by atoms with E-state index in [1.165, 1.54) is 39.2 Å². The van der Waals surface area contributed by atoms with Crippen molar-refractivity contribution >= 4 is 43.4 Å². The number of aryl methyl sites for hydroxylation is 1. The number of hydrogen-bond donors (Lipinski definition) is 0. The molecule has 1 radical (unpaired) electrons. The van der Waals surface area contributed by atoms with Crippen molar-refractivity contribution in [2.45, 2.75) is 47.7 Å². The third kappa shape index (κ3) is 8.99. The van der Waals surface area contributed by atoms with Gasteiger partial charge < -0.3 is 0 Å². The zero-order valence-corrected chi connectivity index (χ0v) is 34.2. The molecule has 55 heavy (non-hydrogen) atoms. The van der Waals surface area contributed by atoms with Gasteiger partial charge in [-0.3, -0.25) is 6.08 Å². The summed E-state index contributed by atoms with van der Waals surface area (Å²) in [6.45, 7) is 13.6. The Balaban J connectivity index is 0.000000349. The molecule has 6 rings (SSSR count). The van der Waals surface area contributed by atoms with Crippen molar-refractivity contribution in [2.75, 3.05) is 0 Å². The van der Waals surface area contributed by atoms with Crippen LogP contribution in [-0.2, 0) is 26.2 Å². The van der Waals surface area contributed by atoms with E-state index in [0.717, 1.165) is 12.1 Å². The summed E-state index contributed by atoms with van der Waals surface area (Å²) in [4.78, 5) is 0. The Kier molecular flexibility index (Phi) is 15.4. The van der Waals surface area contributed by atoms with Crippen LogP contribution in [0, 0.1) is 71.2 Å². The summed E-state index contributed by atoms with van der Waals surface area (Å²) in [5.74, 6) is -23.1. The van der Waals surface area contributed by atoms with Crippen LogP contribution in [0.5, 0.6) is 0 Å². The smallest absolute Gasteiger partial charge is 2.00 e. The van der Waals surface area contributed by atoms with Crippen LogP contribution in [0.2, 0.25) is 13.1 Å². The van der Waals surface area contributed by atoms with Crippen molar-refractivity contribution in [2.24, 2.45) is 0 Å². The molecule has 13 heteroatoms. The minimum absolute atomic E-state index is 0. The molecule has 0 aliphatic heterocycles. The topological polar surface area (TPSA) is 0 Å². The SMILES string of the molecule is C[C-]=C(C)C(C)=CC.Cc1cc2ccccc2[cH-]1.[B]=C1C(C=[Si](C)C)=C(c2c(F)c(F)c(F)c(F)c2F)c2c1cccc2-c1c(F)c(F)c(F)c(F)c1F.[Zr+2]. The second-order valence-electron chi connectivity index (χ2n) is 12.6. The van der Waals surface area contributed by atoms with Crippen molar-refractivity contribution in [3.8, 4) is 11.1 Å². The Bertz CT molecular complexity index is 2330. The molecule has 0 bridgehead atoms. The molecule has 0 heterocycles. The number of halogens is 10. The Labute approximate surface area is 334 Å². The third-order valence-corrected chi connectivity index (χ3v) is 9.56. The van der Waals surface area contributed by atoms with Crippen molar-refractivity contribution < 1.29 is 70.1 Å². The normalized spacial score (nSPS) is 12.5. The standard InChI is InChI=1S/C24H10BF10Si.C10H9.C8H13.Zr/c1-36(2)6-9-11(13-17(28)21(32)24(35)22(33)18(13)29)10-7(4-3-5-8(10)14(9)25)12-15(26)19(30)23(34)20(31)16(12)27;1-8-6-9-4-2-3-5-10(9)7-8;1-5-7(3)8(4)6-2;/h3-6H,1-2H3;2-7H,1H3;5H,1-4H3;/q;2*-1;+2. The summed E-state index contributed by atoms with van der Waals surface area (Å²) in [6.07, 6.45) is 5.15. The molecule has 0 saturated carbocycles. The van der Waals surface area contributed by atoms with Gasteiger partial charge in [0.15, 0.2) is 0 Å². The van der Waals surface area contributed by atoms with E-state index >= 15 is 0 Å². The first-order valence-corrected chi connectivity index (χ1v) is 18.9. The van der Waals surface area contributed by atoms with Crippen LogP contribution in [0.1, 0.15) is 49.9 Å². The molecule has 1 aliphatic rings. The predicted molar refractivity (Wildman–Crippen MR) is 199 cm³/mol. The number of benzene rings is 4. The first-order valence-electron chi connectivity index (χ1n) is 16.3. The van der Waals surface area contributed by atoms with E-state index in [2.05, 4.69) is 69.3 Å². The van der Waals surface area contributed by atoms with Gasteiger partial charge in [0.2, 0.25) is 0 Å². The quantitative estimate of drug-likeness (QED) is 0.0422. The molecule has 5 aromatic carbocycles. The number of fused-ring (bicyclic) bond motifs is 2. The maximum Gasteiger partial charge on any atom is 2.00 e. The zero-order chi connectivity index (χ0) is 40.3. The Morgan fingerprint density at radius 2 is 1.15 bits per heavy atom. The summed E-state index contributed by atoms with van der Waals surface area (Å²) in [6, 6.07) is 16.1. The van der Waals surface area contributed by atoms with E-state index in [9.17, 15) is 43.9 Å². The van der Waals surface area contributed by atoms with E-state index in [-0.39, 0.29) is 42.8 Å². The molecular formula is C42H32BF10SiZr. The maximum absolute atomic E-state index is 14.9. The van der Waals surface area contributed by atoms with Gasteiger partial charge in [0.25, 0.3) is 0 Å². The Hall–Kier alpha value is -4.09. The Morgan fingerprint density at radius 1 is 0.673 bits per heavy atom. The average molecular weight is 857 g/mol. The number of hydrogen-bond acceptors (Lipinski definition) is 0. The molecule has 0 amide bonds. The molecule has 1 aliphatic carbocycles. The molecular weight excluding hydrogens is 825 g/mol. The van der Waals surface area contributed by atoms with Gasteiger partial charge in [-0.1, -0.05) is 26.8 Å². The summed E-state index contributed by atoms with van der Waals surface area (Å²) < 4.78 is 143. The van der Waals surface area contributed by atoms with Gasteiger partial charge in [0.1, 0.15) is 0 Å². The molecule has 0 aromatic heterocycles. The van der Waals surface area contributed by atoms with E-state index < -0.39 is 94.4 Å². The molecule has 0 fully saturated rings. The molecule has 0 spiro atoms. The monoisotopic (exact) mass is 855 g/mol. The van der Waals surface area contributed by atoms with Crippen LogP contribution in [0.3, 0.4) is 0 Å². The van der Waals surface area contributed by atoms with E-state index in [0.29, 0.717) is 0 Å². The fourth-order valence-corrected chi connectivity index (χ4v) is 6.63. The summed E-state index contributed by atoms with van der Waals surface area (Å²) in [5.41, 5.74) is -0.287. The largest absolute Gasteiger partial charge is 2.00 e. The first kappa shape index (κ1) is 45.3. The first-order chi connectivity index (χ1) is 25.4. The van der Waals surface area contributed by atoms with Crippen LogP contribution in [-0.4, -0.2) is 27.0 Å². The second kappa shape index (κ2) is 18.7. The average Bonchev–Trinajstić information content (AvgIpc) is 3.67. The maximum atomic E-state index is 14.9. The van der Waals surface area contributed by atoms with Gasteiger partial charge in [-0.2, -0.15) is 12.1 Å². The van der Waals surface area contributed by atoms with Crippen LogP contribution in [0.25, 0.3) is 27.5 Å². The molecule has 0 N–H and O–H groups in total. The summed E-state index contributed by atoms with van der Waals surface area (Å²) in [7, 11) is 4.64. The van der Waals surface area contributed by atoms with Crippen LogP contribution < -0.4 is 0 Å². The predicted octanol–water partition coefficient (Wildman–Crippen LogP) is 12.0. The van der Waals surface area contributed by atoms with Crippen LogP contribution in [0.4, 0.5) is 43.9 Å². The van der Waals surface area contributed by atoms with Crippen molar-refractivity contribution in [1.29, 1.82) is 0 Å². The van der Waals surface area contributed by atoms with Crippen molar-refractivity contribution in [3.05, 3.63) is 164 Å². The van der Waals surface area contributed by atoms with Gasteiger partial charge in [0.05, 0.1) is 0 Å². The van der Waals surface area contributed by atoms with Crippen LogP contribution >= 0.6 is 0 Å². The summed E-state index contributed by atoms with van der Waals surface area (Å²) >= 11 is 0. The van der Waals surface area contributed by atoms with Gasteiger partial charge in [-0.05, 0) is 0 Å². The van der Waals surface area contributed by atoms with Gasteiger partial charge in [0, 0.05) is 0 Å².